The molecule has 30 heavy (non-hydrogen) atoms. The molecule has 3 unspecified atom stereocenters. The first kappa shape index (κ1) is 22.9. The van der Waals surface area contributed by atoms with E-state index < -0.39 is 50.6 Å². The molecule has 0 aromatic heterocycles. The molecule has 0 fully saturated rings. The van der Waals surface area contributed by atoms with Crippen LogP contribution in [0.2, 0.25) is 10.0 Å². The fourth-order valence-corrected chi connectivity index (χ4v) is 5.69. The summed E-state index contributed by atoms with van der Waals surface area (Å²) in [6.45, 7) is 0.935. The monoisotopic (exact) mass is 485 g/mol. The minimum atomic E-state index is -4.94. The number of alkyl halides is 3. The number of nitrogens with zero attached hydrogens (tertiary/aromatic N) is 1. The zero-order chi connectivity index (χ0) is 22.4. The number of allylic oxidation sites excluding steroid dienone is 2. The molecule has 0 amide bonds. The Morgan fingerprint density at radius 1 is 1.30 bits per heavy atom. The van der Waals surface area contributed by atoms with Crippen molar-refractivity contribution in [3.8, 4) is 0 Å². The highest BCUT2D eigenvalue weighted by atomic mass is 35.5. The van der Waals surface area contributed by atoms with Gasteiger partial charge in [-0.2, -0.15) is 17.9 Å². The van der Waals surface area contributed by atoms with Gasteiger partial charge in [0.1, 0.15) is 16.8 Å². The van der Waals surface area contributed by atoms with Gasteiger partial charge in [-0.25, -0.2) is 12.8 Å². The van der Waals surface area contributed by atoms with E-state index in [0.29, 0.717) is 0 Å². The Kier molecular flexibility index (Phi) is 6.16. The number of anilines is 1. The van der Waals surface area contributed by atoms with Crippen molar-refractivity contribution in [2.75, 3.05) is 12.3 Å². The van der Waals surface area contributed by atoms with Gasteiger partial charge in [0.15, 0.2) is 0 Å². The van der Waals surface area contributed by atoms with Crippen molar-refractivity contribution < 1.29 is 26.0 Å². The van der Waals surface area contributed by atoms with Gasteiger partial charge in [0.05, 0.1) is 16.8 Å². The molecule has 2 aliphatic rings. The minimum Gasteiger partial charge on any atom is -0.398 e. The van der Waals surface area contributed by atoms with Gasteiger partial charge in [-0.15, -0.1) is 0 Å². The average molecular weight is 486 g/mol. The molecule has 1 heterocycles. The second-order valence-electron chi connectivity index (χ2n) is 7.02. The third-order valence-electron chi connectivity index (χ3n) is 4.83. The molecule has 3 atom stereocenters. The molecule has 1 aromatic rings. The van der Waals surface area contributed by atoms with E-state index in [9.17, 15) is 26.0 Å². The maximum Gasteiger partial charge on any atom is 0.406 e. The lowest BCUT2D eigenvalue weighted by Gasteiger charge is -2.32. The lowest BCUT2D eigenvalue weighted by molar-refractivity contribution is -0.154. The number of benzene rings is 1. The Labute approximate surface area is 180 Å². The Hall–Kier alpha value is -1.75. The third-order valence-corrected chi connectivity index (χ3v) is 7.05. The number of sulfonamides is 1. The second kappa shape index (κ2) is 8.07. The van der Waals surface area contributed by atoms with Crippen LogP contribution in [0.1, 0.15) is 6.92 Å². The SMILES string of the molecule is CC1=CN(CC(NS(=O)(=O)c2c(N)cc(Cl)cc2Cl)C(F)(F)F)C2C=C(F)C=CC12. The van der Waals surface area contributed by atoms with E-state index in [2.05, 4.69) is 0 Å². The molecule has 0 saturated carbocycles. The van der Waals surface area contributed by atoms with Crippen LogP contribution in [0.4, 0.5) is 23.2 Å². The van der Waals surface area contributed by atoms with Crippen LogP contribution in [0.5, 0.6) is 0 Å². The topological polar surface area (TPSA) is 75.4 Å². The van der Waals surface area contributed by atoms with E-state index in [0.717, 1.165) is 17.7 Å². The van der Waals surface area contributed by atoms with Gasteiger partial charge in [-0.3, -0.25) is 0 Å². The summed E-state index contributed by atoms with van der Waals surface area (Å²) in [4.78, 5) is 0.566. The molecule has 0 saturated heterocycles. The number of fused-ring (bicyclic) bond motifs is 1. The Morgan fingerprint density at radius 3 is 2.57 bits per heavy atom. The van der Waals surface area contributed by atoms with Gasteiger partial charge in [-0.1, -0.05) is 29.3 Å². The molecule has 12 heteroatoms. The molecule has 0 radical (unpaired) electrons. The van der Waals surface area contributed by atoms with Crippen LogP contribution in [0.15, 0.2) is 52.9 Å². The van der Waals surface area contributed by atoms with Gasteiger partial charge in [0.25, 0.3) is 0 Å². The number of nitrogens with two attached hydrogens (primary N) is 1. The summed E-state index contributed by atoms with van der Waals surface area (Å²) in [7, 11) is -4.75. The Morgan fingerprint density at radius 2 is 1.97 bits per heavy atom. The normalized spacial score (nSPS) is 22.6. The molecule has 3 N–H and O–H groups in total. The van der Waals surface area contributed by atoms with Gasteiger partial charge < -0.3 is 10.6 Å². The maximum atomic E-state index is 13.7. The van der Waals surface area contributed by atoms with Crippen LogP contribution >= 0.6 is 23.2 Å². The molecule has 1 aliphatic heterocycles. The average Bonchev–Trinajstić information content (AvgIpc) is 2.87. The van der Waals surface area contributed by atoms with Gasteiger partial charge in [0.2, 0.25) is 10.0 Å². The summed E-state index contributed by atoms with van der Waals surface area (Å²) < 4.78 is 81.8. The predicted molar refractivity (Wildman–Crippen MR) is 107 cm³/mol. The molecule has 1 aromatic carbocycles. The van der Waals surface area contributed by atoms with Crippen molar-refractivity contribution in [2.45, 2.75) is 30.1 Å². The van der Waals surface area contributed by atoms with Crippen molar-refractivity contribution in [1.82, 2.24) is 9.62 Å². The first-order chi connectivity index (χ1) is 13.8. The quantitative estimate of drug-likeness (QED) is 0.478. The molecule has 0 spiro atoms. The molecular formula is C18H17Cl2F4N3O2S. The van der Waals surface area contributed by atoms with Crippen LogP contribution in [0.3, 0.4) is 0 Å². The van der Waals surface area contributed by atoms with Gasteiger partial charge >= 0.3 is 6.18 Å². The van der Waals surface area contributed by atoms with Crippen LogP contribution in [-0.2, 0) is 10.0 Å². The molecule has 1 aliphatic carbocycles. The summed E-state index contributed by atoms with van der Waals surface area (Å²) >= 11 is 11.6. The first-order valence-electron chi connectivity index (χ1n) is 8.63. The first-order valence-corrected chi connectivity index (χ1v) is 10.9. The number of halogens is 6. The highest BCUT2D eigenvalue weighted by Crippen LogP contribution is 2.36. The number of nitrogens with one attached hydrogen (secondary N) is 1. The van der Waals surface area contributed by atoms with E-state index >= 15 is 0 Å². The minimum absolute atomic E-state index is 0.0340. The van der Waals surface area contributed by atoms with E-state index in [1.165, 1.54) is 23.3 Å². The third kappa shape index (κ3) is 4.61. The number of rotatable bonds is 5. The summed E-state index contributed by atoms with van der Waals surface area (Å²) in [5, 5.41) is -0.375. The highest BCUT2D eigenvalue weighted by molar-refractivity contribution is 7.89. The molecule has 0 bridgehead atoms. The Bertz CT molecular complexity index is 1030. The summed E-state index contributed by atoms with van der Waals surface area (Å²) in [6, 6.07) is -1.05. The Balaban J connectivity index is 1.91. The highest BCUT2D eigenvalue weighted by Gasteiger charge is 2.46. The van der Waals surface area contributed by atoms with Gasteiger partial charge in [0, 0.05) is 17.5 Å². The van der Waals surface area contributed by atoms with Crippen LogP contribution in [0.25, 0.3) is 0 Å². The van der Waals surface area contributed by atoms with Crippen molar-refractivity contribution in [2.24, 2.45) is 5.92 Å². The van der Waals surface area contributed by atoms with E-state index in [-0.39, 0.29) is 16.6 Å². The molecule has 3 rings (SSSR count). The molecular weight excluding hydrogens is 469 g/mol. The van der Waals surface area contributed by atoms with Crippen molar-refractivity contribution in [1.29, 1.82) is 0 Å². The fraction of sp³-hybridized carbons (Fsp3) is 0.333. The number of hydrogen-bond donors (Lipinski definition) is 2. The van der Waals surface area contributed by atoms with Crippen molar-refractivity contribution in [3.05, 3.63) is 58.0 Å². The number of hydrogen-bond acceptors (Lipinski definition) is 4. The van der Waals surface area contributed by atoms with Crippen LogP contribution in [0, 0.1) is 5.92 Å². The predicted octanol–water partition coefficient (Wildman–Crippen LogP) is 4.41. The zero-order valence-corrected chi connectivity index (χ0v) is 17.7. The molecule has 164 valence electrons. The number of nitrogen functional groups attached to an aromatic ring is 1. The lowest BCUT2D eigenvalue weighted by Crippen LogP contribution is -2.52. The van der Waals surface area contributed by atoms with Crippen molar-refractivity contribution >= 4 is 38.9 Å². The van der Waals surface area contributed by atoms with Gasteiger partial charge in [-0.05, 0) is 43.0 Å². The standard InChI is InChI=1S/C18H17Cl2F4N3O2S/c1-9-7-27(15-6-11(21)2-3-12(9)15)8-16(18(22,23)24)26-30(28,29)17-13(20)4-10(19)5-14(17)25/h2-7,12,15-16,26H,8,25H2,1H3. The van der Waals surface area contributed by atoms with E-state index in [4.69, 9.17) is 28.9 Å². The van der Waals surface area contributed by atoms with Crippen LogP contribution < -0.4 is 10.5 Å². The summed E-state index contributed by atoms with van der Waals surface area (Å²) in [5.74, 6) is -0.870. The zero-order valence-electron chi connectivity index (χ0n) is 15.4. The smallest absolute Gasteiger partial charge is 0.398 e. The lowest BCUT2D eigenvalue weighted by atomic mass is 9.91. The van der Waals surface area contributed by atoms with E-state index in [1.807, 2.05) is 0 Å². The summed E-state index contributed by atoms with van der Waals surface area (Å²) in [6.07, 6.45) is 0.538. The molecule has 5 nitrogen and oxygen atoms in total. The van der Waals surface area contributed by atoms with Crippen LogP contribution in [-0.4, -0.2) is 38.1 Å². The summed E-state index contributed by atoms with van der Waals surface area (Å²) in [5.41, 5.74) is 5.97. The largest absolute Gasteiger partial charge is 0.406 e. The van der Waals surface area contributed by atoms with E-state index in [1.54, 1.807) is 17.7 Å². The fourth-order valence-electron chi connectivity index (χ4n) is 3.49. The second-order valence-corrected chi connectivity index (χ2v) is 9.51. The van der Waals surface area contributed by atoms with Crippen molar-refractivity contribution in [3.63, 3.8) is 0 Å². The maximum absolute atomic E-state index is 13.7.